The van der Waals surface area contributed by atoms with Crippen LogP contribution in [0.5, 0.6) is 0 Å². The van der Waals surface area contributed by atoms with Gasteiger partial charge < -0.3 is 0 Å². The maximum Gasteiger partial charge on any atom is 0.416 e. The smallest absolute Gasteiger partial charge is 0.271 e. The molecule has 0 saturated heterocycles. The topological polar surface area (TPSA) is 79.2 Å². The van der Waals surface area contributed by atoms with Crippen LogP contribution in [0.15, 0.2) is 87.9 Å². The lowest BCUT2D eigenvalue weighted by atomic mass is 10.1. The number of hydrogen-bond acceptors (Lipinski definition) is 4. The molecule has 0 bridgehead atoms. The molecule has 0 atom stereocenters. The van der Waals surface area contributed by atoms with Gasteiger partial charge in [-0.2, -0.15) is 18.3 Å². The Morgan fingerprint density at radius 3 is 2.32 bits per heavy atom. The number of benzene rings is 3. The summed E-state index contributed by atoms with van der Waals surface area (Å²) < 4.78 is 65.3. The number of carbonyl (C=O) groups is 1. The molecule has 1 amide bonds. The number of para-hydroxylation sites is 1. The molecule has 3 aromatic rings. The molecule has 0 aliphatic carbocycles. The molecule has 0 radical (unpaired) electrons. The second-order valence-corrected chi connectivity index (χ2v) is 9.63. The van der Waals surface area contributed by atoms with Gasteiger partial charge in [0.15, 0.2) is 0 Å². The van der Waals surface area contributed by atoms with Crippen molar-refractivity contribution in [1.29, 1.82) is 0 Å². The number of anilines is 1. The first kappa shape index (κ1) is 25.4. The monoisotopic (exact) mass is 509 g/mol. The molecule has 0 aromatic heterocycles. The Bertz CT molecular complexity index is 1310. The second-order valence-electron chi connectivity index (χ2n) is 7.22. The Morgan fingerprint density at radius 2 is 1.68 bits per heavy atom. The third-order valence-electron chi connectivity index (χ3n) is 4.84. The Kier molecular flexibility index (Phi) is 7.73. The fraction of sp³-hybridized carbons (Fsp3) is 0.174. The highest BCUT2D eigenvalue weighted by Crippen LogP contribution is 2.31. The van der Waals surface area contributed by atoms with Crippen molar-refractivity contribution in [2.45, 2.75) is 24.0 Å². The summed E-state index contributed by atoms with van der Waals surface area (Å²) in [4.78, 5) is 11.8. The van der Waals surface area contributed by atoms with E-state index in [0.29, 0.717) is 28.3 Å². The predicted molar refractivity (Wildman–Crippen MR) is 122 cm³/mol. The van der Waals surface area contributed by atoms with Crippen molar-refractivity contribution < 1.29 is 26.4 Å². The first-order chi connectivity index (χ1) is 16.0. The van der Waals surface area contributed by atoms with Gasteiger partial charge in [-0.05, 0) is 53.6 Å². The molecule has 178 valence electrons. The first-order valence-electron chi connectivity index (χ1n) is 9.87. The Labute approximate surface area is 199 Å². The van der Waals surface area contributed by atoms with Crippen molar-refractivity contribution in [3.8, 4) is 0 Å². The number of sulfonamides is 1. The highest BCUT2D eigenvalue weighted by molar-refractivity contribution is 7.92. The summed E-state index contributed by atoms with van der Waals surface area (Å²) in [7, 11) is -2.86. The molecular weight excluding hydrogens is 491 g/mol. The van der Waals surface area contributed by atoms with E-state index in [2.05, 4.69) is 10.2 Å². The normalized spacial score (nSPS) is 12.1. The lowest BCUT2D eigenvalue weighted by Gasteiger charge is -2.22. The van der Waals surface area contributed by atoms with Crippen molar-refractivity contribution >= 4 is 33.2 Å². The zero-order valence-corrected chi connectivity index (χ0v) is 19.4. The van der Waals surface area contributed by atoms with Crippen LogP contribution in [0.1, 0.15) is 16.7 Å². The molecule has 0 spiro atoms. The summed E-state index contributed by atoms with van der Waals surface area (Å²) >= 11 is 5.90. The van der Waals surface area contributed by atoms with Crippen molar-refractivity contribution in [3.05, 3.63) is 94.5 Å². The fourth-order valence-electron chi connectivity index (χ4n) is 3.10. The summed E-state index contributed by atoms with van der Waals surface area (Å²) in [6, 6.07) is 16.4. The predicted octanol–water partition coefficient (Wildman–Crippen LogP) is 5.91. The summed E-state index contributed by atoms with van der Waals surface area (Å²) in [5, 5.41) is 8.05. The highest BCUT2D eigenvalue weighted by Gasteiger charge is 2.31. The van der Waals surface area contributed by atoms with E-state index in [1.54, 1.807) is 42.5 Å². The van der Waals surface area contributed by atoms with Gasteiger partial charge in [-0.1, -0.05) is 41.9 Å². The summed E-state index contributed by atoms with van der Waals surface area (Å²) in [5.74, 6) is -0.495. The van der Waals surface area contributed by atoms with Crippen LogP contribution in [-0.4, -0.2) is 21.4 Å². The molecule has 0 N–H and O–H groups in total. The minimum absolute atomic E-state index is 0.00785. The molecule has 0 saturated carbocycles. The zero-order valence-electron chi connectivity index (χ0n) is 17.8. The first-order valence-corrected chi connectivity index (χ1v) is 11.7. The van der Waals surface area contributed by atoms with Crippen LogP contribution < -0.4 is 4.31 Å². The van der Waals surface area contributed by atoms with E-state index in [1.807, 2.05) is 0 Å². The molecule has 0 aliphatic heterocycles. The van der Waals surface area contributed by atoms with Gasteiger partial charge in [0.25, 0.3) is 15.9 Å². The zero-order chi connectivity index (χ0) is 24.9. The Balaban J connectivity index is 1.76. The number of azo groups is 1. The van der Waals surface area contributed by atoms with Gasteiger partial charge >= 0.3 is 6.18 Å². The van der Waals surface area contributed by atoms with Crippen molar-refractivity contribution in [3.63, 3.8) is 0 Å². The number of alkyl halides is 3. The van der Waals surface area contributed by atoms with E-state index < -0.39 is 27.7 Å². The number of rotatable bonds is 7. The van der Waals surface area contributed by atoms with Crippen LogP contribution in [0.25, 0.3) is 0 Å². The number of amides is 1. The molecule has 3 rings (SSSR count). The third kappa shape index (κ3) is 6.21. The van der Waals surface area contributed by atoms with E-state index in [-0.39, 0.29) is 23.5 Å². The number of hydrogen-bond donors (Lipinski definition) is 0. The van der Waals surface area contributed by atoms with Gasteiger partial charge in [-0.3, -0.25) is 9.10 Å². The SMILES string of the molecule is CN(c1ccccc1CN=NC(=O)Cc1cccc(Cl)c1)S(=O)(=O)c1ccc(C(F)(F)F)cc1. The van der Waals surface area contributed by atoms with Gasteiger partial charge in [0.1, 0.15) is 0 Å². The molecule has 6 nitrogen and oxygen atoms in total. The van der Waals surface area contributed by atoms with E-state index in [1.165, 1.54) is 13.1 Å². The molecule has 3 aromatic carbocycles. The molecule has 0 unspecified atom stereocenters. The maximum atomic E-state index is 13.0. The fourth-order valence-corrected chi connectivity index (χ4v) is 4.55. The standard InChI is InChI=1S/C23H19ClF3N3O3S/c1-30(34(32,33)20-11-9-18(10-12-20)23(25,26)27)21-8-3-2-6-17(21)15-28-29-22(31)14-16-5-4-7-19(24)13-16/h2-13H,14-15H2,1H3. The maximum absolute atomic E-state index is 13.0. The summed E-state index contributed by atoms with van der Waals surface area (Å²) in [5.41, 5.74) is 0.444. The van der Waals surface area contributed by atoms with E-state index >= 15 is 0 Å². The van der Waals surface area contributed by atoms with Crippen LogP contribution in [-0.2, 0) is 34.0 Å². The van der Waals surface area contributed by atoms with E-state index in [4.69, 9.17) is 11.6 Å². The molecule has 34 heavy (non-hydrogen) atoms. The Hall–Kier alpha value is -3.24. The third-order valence-corrected chi connectivity index (χ3v) is 6.86. The minimum Gasteiger partial charge on any atom is -0.271 e. The number of nitrogens with zero attached hydrogens (tertiary/aromatic N) is 3. The van der Waals surface area contributed by atoms with Gasteiger partial charge in [-0.15, -0.1) is 5.11 Å². The minimum atomic E-state index is -4.57. The van der Waals surface area contributed by atoms with Crippen LogP contribution >= 0.6 is 11.6 Å². The van der Waals surface area contributed by atoms with Crippen LogP contribution in [0.2, 0.25) is 5.02 Å². The lowest BCUT2D eigenvalue weighted by Crippen LogP contribution is -2.27. The highest BCUT2D eigenvalue weighted by atomic mass is 35.5. The lowest BCUT2D eigenvalue weighted by molar-refractivity contribution is -0.137. The van der Waals surface area contributed by atoms with E-state index in [9.17, 15) is 26.4 Å². The molecule has 11 heteroatoms. The van der Waals surface area contributed by atoms with Crippen LogP contribution in [0.3, 0.4) is 0 Å². The average molecular weight is 510 g/mol. The van der Waals surface area contributed by atoms with Gasteiger partial charge in [0, 0.05) is 12.1 Å². The molecule has 0 fully saturated rings. The summed E-state index contributed by atoms with van der Waals surface area (Å²) in [6.07, 6.45) is -4.57. The van der Waals surface area contributed by atoms with Gasteiger partial charge in [0.2, 0.25) is 0 Å². The second kappa shape index (κ2) is 10.4. The quantitative estimate of drug-likeness (QED) is 0.372. The molecule has 0 aliphatic rings. The van der Waals surface area contributed by atoms with Crippen molar-refractivity contribution in [2.24, 2.45) is 10.2 Å². The average Bonchev–Trinajstić information content (AvgIpc) is 2.78. The van der Waals surface area contributed by atoms with E-state index in [0.717, 1.165) is 16.4 Å². The number of halogens is 4. The van der Waals surface area contributed by atoms with Crippen LogP contribution in [0.4, 0.5) is 18.9 Å². The Morgan fingerprint density at radius 1 is 1.00 bits per heavy atom. The summed E-state index contributed by atoms with van der Waals surface area (Å²) in [6.45, 7) is -0.0790. The molecular formula is C23H19ClF3N3O3S. The van der Waals surface area contributed by atoms with Gasteiger partial charge in [0.05, 0.1) is 29.1 Å². The molecule has 0 heterocycles. The number of carbonyl (C=O) groups excluding carboxylic acids is 1. The largest absolute Gasteiger partial charge is 0.416 e. The van der Waals surface area contributed by atoms with Crippen molar-refractivity contribution in [2.75, 3.05) is 11.4 Å². The van der Waals surface area contributed by atoms with Gasteiger partial charge in [-0.25, -0.2) is 8.42 Å². The van der Waals surface area contributed by atoms with Crippen LogP contribution in [0, 0.1) is 0 Å². The van der Waals surface area contributed by atoms with Crippen molar-refractivity contribution in [1.82, 2.24) is 0 Å².